The molecule has 0 fully saturated rings. The third-order valence-electron chi connectivity index (χ3n) is 7.21. The molecule has 0 spiro atoms. The summed E-state index contributed by atoms with van der Waals surface area (Å²) in [5.74, 6) is -0.720. The molecule has 0 aliphatic heterocycles. The quantitative estimate of drug-likeness (QED) is 0.0506. The van der Waals surface area contributed by atoms with Gasteiger partial charge in [-0.2, -0.15) is 0 Å². The molecule has 1 heterocycles. The van der Waals surface area contributed by atoms with Crippen molar-refractivity contribution in [3.05, 3.63) is 29.0 Å². The van der Waals surface area contributed by atoms with E-state index >= 15 is 0 Å². The van der Waals surface area contributed by atoms with E-state index in [4.69, 9.17) is 36.3 Å². The van der Waals surface area contributed by atoms with Gasteiger partial charge in [0.2, 0.25) is 0 Å². The highest BCUT2D eigenvalue weighted by atomic mass is 35.5. The Kier molecular flexibility index (Phi) is 19.7. The van der Waals surface area contributed by atoms with E-state index in [2.05, 4.69) is 10.3 Å². The number of carbonyl (C=O) groups excluding carboxylic acids is 5. The number of pyridine rings is 1. The van der Waals surface area contributed by atoms with Gasteiger partial charge >= 0.3 is 24.2 Å². The number of amides is 4. The Balaban J connectivity index is 2.95. The zero-order valence-electron chi connectivity index (χ0n) is 35.2. The summed E-state index contributed by atoms with van der Waals surface area (Å²) in [6.07, 6.45) is 1.03. The Morgan fingerprint density at radius 1 is 0.673 bits per heavy atom. The maximum Gasteiger partial charge on any atom is 0.411 e. The van der Waals surface area contributed by atoms with Crippen LogP contribution in [0.5, 0.6) is 0 Å². The van der Waals surface area contributed by atoms with Crippen molar-refractivity contribution in [2.45, 2.75) is 150 Å². The molecule has 1 atom stereocenters. The monoisotopic (exact) mass is 798 g/mol. The van der Waals surface area contributed by atoms with E-state index in [1.807, 2.05) is 0 Å². The summed E-state index contributed by atoms with van der Waals surface area (Å²) >= 11 is 5.82. The number of nitrogens with zero attached hydrogens (tertiary/aromatic N) is 4. The fraction of sp³-hybridized carbons (Fsp3) is 0.744. The van der Waals surface area contributed by atoms with Crippen molar-refractivity contribution < 1.29 is 42.9 Å². The number of unbranched alkanes of at least 4 members (excludes halogenated alkanes) is 1. The predicted octanol–water partition coefficient (Wildman–Crippen LogP) is 7.14. The molecule has 3 N–H and O–H groups in total. The van der Waals surface area contributed by atoms with E-state index in [-0.39, 0.29) is 43.5 Å². The molecule has 0 aromatic carbocycles. The molecule has 0 bridgehead atoms. The molecule has 0 aliphatic carbocycles. The van der Waals surface area contributed by atoms with Crippen molar-refractivity contribution in [1.82, 2.24) is 25.0 Å². The van der Waals surface area contributed by atoms with Crippen LogP contribution in [-0.2, 0) is 23.7 Å². The molecule has 1 aromatic heterocycles. The van der Waals surface area contributed by atoms with Gasteiger partial charge in [-0.25, -0.2) is 19.4 Å². The van der Waals surface area contributed by atoms with Crippen molar-refractivity contribution in [3.8, 4) is 0 Å². The van der Waals surface area contributed by atoms with Gasteiger partial charge in [0.1, 0.15) is 27.6 Å². The molecular weight excluding hydrogens is 732 g/mol. The second kappa shape index (κ2) is 22.0. The maximum absolute atomic E-state index is 13.3. The van der Waals surface area contributed by atoms with Crippen LogP contribution in [0.25, 0.3) is 0 Å². The van der Waals surface area contributed by atoms with Crippen LogP contribution >= 0.6 is 11.6 Å². The lowest BCUT2D eigenvalue weighted by molar-refractivity contribution is -0.155. The molecular formula is C39H67ClN6O9. The number of halogens is 1. The summed E-state index contributed by atoms with van der Waals surface area (Å²) in [5, 5.41) is 3.11. The van der Waals surface area contributed by atoms with Crippen molar-refractivity contribution in [3.63, 3.8) is 0 Å². The molecule has 55 heavy (non-hydrogen) atoms. The van der Waals surface area contributed by atoms with Crippen LogP contribution in [0, 0.1) is 0 Å². The number of nitrogens with one attached hydrogen (secondary N) is 1. The highest BCUT2D eigenvalue weighted by Crippen LogP contribution is 2.17. The zero-order valence-corrected chi connectivity index (χ0v) is 36.0. The molecule has 15 nitrogen and oxygen atoms in total. The predicted molar refractivity (Wildman–Crippen MR) is 212 cm³/mol. The Bertz CT molecular complexity index is 1380. The Hall–Kier alpha value is -3.85. The number of nitrogens with two attached hydrogens (primary N) is 1. The van der Waals surface area contributed by atoms with Crippen LogP contribution < -0.4 is 11.1 Å². The fourth-order valence-electron chi connectivity index (χ4n) is 4.89. The molecule has 1 unspecified atom stereocenters. The van der Waals surface area contributed by atoms with Crippen LogP contribution in [0.4, 0.5) is 14.4 Å². The zero-order chi connectivity index (χ0) is 42.2. The van der Waals surface area contributed by atoms with Gasteiger partial charge in [-0.3, -0.25) is 14.5 Å². The minimum atomic E-state index is -0.800. The van der Waals surface area contributed by atoms with Crippen LogP contribution in [0.2, 0.25) is 5.15 Å². The van der Waals surface area contributed by atoms with E-state index in [9.17, 15) is 24.0 Å². The van der Waals surface area contributed by atoms with E-state index in [0.29, 0.717) is 50.9 Å². The highest BCUT2D eigenvalue weighted by molar-refractivity contribution is 6.29. The first-order valence-corrected chi connectivity index (χ1v) is 19.4. The first-order valence-electron chi connectivity index (χ1n) is 19.0. The molecule has 0 saturated carbocycles. The number of rotatable bonds is 18. The third-order valence-corrected chi connectivity index (χ3v) is 7.43. The second-order valence-corrected chi connectivity index (χ2v) is 17.7. The molecule has 4 amide bonds. The summed E-state index contributed by atoms with van der Waals surface area (Å²) in [5.41, 5.74) is 3.93. The first-order chi connectivity index (χ1) is 25.2. The number of esters is 1. The largest absolute Gasteiger partial charge is 0.460 e. The van der Waals surface area contributed by atoms with Gasteiger partial charge in [-0.15, -0.1) is 0 Å². The Morgan fingerprint density at radius 2 is 1.13 bits per heavy atom. The molecule has 314 valence electrons. The van der Waals surface area contributed by atoms with Gasteiger partial charge < -0.3 is 39.8 Å². The summed E-state index contributed by atoms with van der Waals surface area (Å²) in [6.45, 7) is 23.0. The standard InChI is InChI=1S/C39H67ClN6O9/c1-36(2,3)52-31(47)20-19-30(41)46(35(51)55-39(10,11)12)26-14-13-22-44(33(49)53-37(4,5)6)24-16-25-45(34(50)54-38(7,8)9)23-15-21-42-32(48)28-17-18-29(40)43-27-28/h17-18,27,30H,13-16,19-26,41H2,1-12H3,(H,42,48). The lowest BCUT2D eigenvalue weighted by Crippen LogP contribution is -2.48. The molecule has 0 saturated heterocycles. The van der Waals surface area contributed by atoms with E-state index in [1.165, 1.54) is 17.2 Å². The van der Waals surface area contributed by atoms with Crippen LogP contribution in [0.15, 0.2) is 18.3 Å². The smallest absolute Gasteiger partial charge is 0.411 e. The van der Waals surface area contributed by atoms with Gasteiger partial charge in [0.15, 0.2) is 0 Å². The van der Waals surface area contributed by atoms with Crippen LogP contribution in [-0.4, -0.2) is 118 Å². The van der Waals surface area contributed by atoms with Gasteiger partial charge in [-0.05, 0) is 127 Å². The van der Waals surface area contributed by atoms with Crippen molar-refractivity contribution in [1.29, 1.82) is 0 Å². The average molecular weight is 799 g/mol. The van der Waals surface area contributed by atoms with Crippen molar-refractivity contribution in [2.75, 3.05) is 39.3 Å². The lowest BCUT2D eigenvalue weighted by atomic mass is 10.1. The Labute approximate surface area is 333 Å². The summed E-state index contributed by atoms with van der Waals surface area (Å²) in [6, 6.07) is 3.11. The third kappa shape index (κ3) is 23.0. The Morgan fingerprint density at radius 3 is 1.60 bits per heavy atom. The maximum atomic E-state index is 13.3. The molecule has 0 radical (unpaired) electrons. The summed E-state index contributed by atoms with van der Waals surface area (Å²) in [4.78, 5) is 73.0. The fourth-order valence-corrected chi connectivity index (χ4v) is 5.00. The SMILES string of the molecule is CC(C)(C)OC(=O)CCC(N)N(CCCCN(CCCN(CCCNC(=O)c1ccc(Cl)nc1)C(=O)OC(C)(C)C)C(=O)OC(C)(C)C)C(=O)OC(C)(C)C. The summed E-state index contributed by atoms with van der Waals surface area (Å²) < 4.78 is 22.3. The number of aromatic nitrogens is 1. The van der Waals surface area contributed by atoms with Gasteiger partial charge in [0.25, 0.3) is 5.91 Å². The minimum Gasteiger partial charge on any atom is -0.460 e. The van der Waals surface area contributed by atoms with Gasteiger partial charge in [-0.1, -0.05) is 11.6 Å². The van der Waals surface area contributed by atoms with E-state index in [0.717, 1.165) is 0 Å². The molecule has 0 aliphatic rings. The van der Waals surface area contributed by atoms with E-state index in [1.54, 1.807) is 99.0 Å². The number of ether oxygens (including phenoxy) is 4. The van der Waals surface area contributed by atoms with E-state index < -0.39 is 52.8 Å². The summed E-state index contributed by atoms with van der Waals surface area (Å²) in [7, 11) is 0. The van der Waals surface area contributed by atoms with Gasteiger partial charge in [0, 0.05) is 51.9 Å². The minimum absolute atomic E-state index is 0.0280. The topological polar surface area (TPSA) is 183 Å². The average Bonchev–Trinajstić information content (AvgIpc) is 3.00. The number of hydrogen-bond acceptors (Lipinski definition) is 11. The normalized spacial score (nSPS) is 12.6. The molecule has 16 heteroatoms. The number of hydrogen-bond donors (Lipinski definition) is 2. The van der Waals surface area contributed by atoms with Crippen molar-refractivity contribution in [2.24, 2.45) is 5.73 Å². The lowest BCUT2D eigenvalue weighted by Gasteiger charge is -2.32. The van der Waals surface area contributed by atoms with Gasteiger partial charge in [0.05, 0.1) is 11.7 Å². The first kappa shape index (κ1) is 49.2. The van der Waals surface area contributed by atoms with Crippen molar-refractivity contribution >= 4 is 41.8 Å². The molecule has 1 aromatic rings. The van der Waals surface area contributed by atoms with Crippen LogP contribution in [0.3, 0.4) is 0 Å². The molecule has 1 rings (SSSR count). The highest BCUT2D eigenvalue weighted by Gasteiger charge is 2.29. The number of carbonyl (C=O) groups is 5. The second-order valence-electron chi connectivity index (χ2n) is 17.3. The van der Waals surface area contributed by atoms with Crippen LogP contribution in [0.1, 0.15) is 132 Å².